The van der Waals surface area contributed by atoms with Crippen LogP contribution in [0.3, 0.4) is 0 Å². The van der Waals surface area contributed by atoms with Crippen molar-refractivity contribution in [3.63, 3.8) is 0 Å². The van der Waals surface area contributed by atoms with Crippen LogP contribution in [0.2, 0.25) is 0 Å². The molecule has 0 aliphatic heterocycles. The van der Waals surface area contributed by atoms with Gasteiger partial charge in [0.1, 0.15) is 5.78 Å². The third-order valence-corrected chi connectivity index (χ3v) is 11.8. The molecule has 0 heterocycles. The molecule has 0 bridgehead atoms. The average Bonchev–Trinajstić information content (AvgIpc) is 3.27. The number of benzene rings is 4. The number of carbonyl (C=O) groups is 7. The van der Waals surface area contributed by atoms with Gasteiger partial charge in [-0.3, -0.25) is 14.4 Å². The number of Topliss-reactive ketones (excluding diaryl/α,β-unsaturated/α-hetero) is 3. The van der Waals surface area contributed by atoms with Crippen molar-refractivity contribution in [1.29, 1.82) is 0 Å². The van der Waals surface area contributed by atoms with E-state index in [0.29, 0.717) is 46.3 Å². The number of aromatic carboxylic acids is 4. The van der Waals surface area contributed by atoms with Crippen molar-refractivity contribution in [3.8, 4) is 0 Å². The fourth-order valence-electron chi connectivity index (χ4n) is 7.87. The summed E-state index contributed by atoms with van der Waals surface area (Å²) in [6, 6.07) is 20.3. The Balaban J connectivity index is 0.000000267. The molecule has 360 valence electrons. The molecular formula is C53H67N3O11. The molecule has 14 nitrogen and oxygen atoms in total. The summed E-state index contributed by atoms with van der Waals surface area (Å²) in [4.78, 5) is 78.9. The molecule has 0 radical (unpaired) electrons. The number of anilines is 2. The lowest BCUT2D eigenvalue weighted by Gasteiger charge is -2.31. The van der Waals surface area contributed by atoms with Crippen LogP contribution in [-0.2, 0) is 17.9 Å². The largest absolute Gasteiger partial charge is 0.478 e. The summed E-state index contributed by atoms with van der Waals surface area (Å²) in [5, 5.41) is 46.1. The maximum atomic E-state index is 11.6. The highest BCUT2D eigenvalue weighted by Crippen LogP contribution is 2.33. The van der Waals surface area contributed by atoms with E-state index < -0.39 is 23.9 Å². The molecule has 4 aromatic carbocycles. The molecule has 14 heteroatoms. The molecule has 4 aromatic rings. The minimum Gasteiger partial charge on any atom is -0.478 e. The van der Waals surface area contributed by atoms with Gasteiger partial charge in [-0.15, -0.1) is 0 Å². The van der Waals surface area contributed by atoms with E-state index in [1.165, 1.54) is 82.3 Å². The molecule has 0 unspecified atom stereocenters. The summed E-state index contributed by atoms with van der Waals surface area (Å²) in [6.45, 7) is 18.7. The average molecular weight is 922 g/mol. The summed E-state index contributed by atoms with van der Waals surface area (Å²) in [6.07, 6.45) is 4.98. The highest BCUT2D eigenvalue weighted by molar-refractivity contribution is 6.00. The second-order valence-electron chi connectivity index (χ2n) is 18.1. The number of hydrogen-bond donors (Lipinski definition) is 7. The smallest absolute Gasteiger partial charge is 0.336 e. The lowest BCUT2D eigenvalue weighted by molar-refractivity contribution is -0.116. The zero-order valence-corrected chi connectivity index (χ0v) is 40.1. The highest BCUT2D eigenvalue weighted by Gasteiger charge is 2.24. The normalized spacial score (nSPS) is 14.3. The molecule has 0 atom stereocenters. The molecule has 5 rings (SSSR count). The maximum absolute atomic E-state index is 11.6. The van der Waals surface area contributed by atoms with Crippen LogP contribution in [0.5, 0.6) is 0 Å². The van der Waals surface area contributed by atoms with Gasteiger partial charge >= 0.3 is 23.9 Å². The van der Waals surface area contributed by atoms with Crippen LogP contribution in [0, 0.1) is 17.8 Å². The van der Waals surface area contributed by atoms with Gasteiger partial charge < -0.3 is 36.4 Å². The molecule has 1 aliphatic rings. The van der Waals surface area contributed by atoms with Gasteiger partial charge in [0.2, 0.25) is 0 Å². The number of rotatable bonds is 19. The van der Waals surface area contributed by atoms with E-state index in [4.69, 9.17) is 10.2 Å². The van der Waals surface area contributed by atoms with Crippen LogP contribution < -0.4 is 16.0 Å². The summed E-state index contributed by atoms with van der Waals surface area (Å²) < 4.78 is 0. The lowest BCUT2D eigenvalue weighted by atomic mass is 9.77. The Bertz CT molecular complexity index is 2330. The monoisotopic (exact) mass is 921 g/mol. The van der Waals surface area contributed by atoms with E-state index in [2.05, 4.69) is 67.9 Å². The summed E-state index contributed by atoms with van der Waals surface area (Å²) in [5.74, 6) is -2.07. The molecule has 67 heavy (non-hydrogen) atoms. The summed E-state index contributed by atoms with van der Waals surface area (Å²) >= 11 is 0. The standard InChI is InChI=1S/C19H27NO3.C19H21NO3.C15H19NO5/c2*1-12(2)15-6-4-14(5-7-15)11-20-18-9-16(13(3)21)8-17(10-18)19(22)23;1-8(2)13-11(7-16-6-9(3)17)4-10(14(18)19)5-12(13)15(20)21/h8-10,12,14-15,20H,4-7,11H2,1-3H3,(H,22,23);4-10,12,20H,11H2,1-3H3,(H,22,23);4-5,8,16H,6-7H2,1-3H3,(H,18,19)(H,20,21). The number of carboxylic acid groups (broad SMARTS) is 4. The van der Waals surface area contributed by atoms with Gasteiger partial charge in [0.05, 0.1) is 28.8 Å². The number of hydrogen-bond acceptors (Lipinski definition) is 10. The van der Waals surface area contributed by atoms with Gasteiger partial charge in [0, 0.05) is 42.1 Å². The van der Waals surface area contributed by atoms with Crippen molar-refractivity contribution in [2.24, 2.45) is 17.8 Å². The van der Waals surface area contributed by atoms with E-state index in [9.17, 15) is 43.8 Å². The quantitative estimate of drug-likeness (QED) is 0.0433. The van der Waals surface area contributed by atoms with Crippen LogP contribution in [0.4, 0.5) is 11.4 Å². The number of nitrogens with one attached hydrogen (secondary N) is 3. The Hall–Kier alpha value is -6.67. The number of carboxylic acids is 4. The molecule has 0 saturated heterocycles. The molecular weight excluding hydrogens is 855 g/mol. The second kappa shape index (κ2) is 25.9. The number of ketones is 3. The topological polar surface area (TPSA) is 236 Å². The van der Waals surface area contributed by atoms with E-state index in [-0.39, 0.29) is 58.6 Å². The van der Waals surface area contributed by atoms with Crippen molar-refractivity contribution in [2.45, 2.75) is 113 Å². The van der Waals surface area contributed by atoms with Gasteiger partial charge in [0.15, 0.2) is 11.6 Å². The molecule has 1 fully saturated rings. The molecule has 1 aliphatic carbocycles. The van der Waals surface area contributed by atoms with Crippen LogP contribution in [-0.4, -0.2) is 74.7 Å². The first-order valence-corrected chi connectivity index (χ1v) is 22.7. The predicted octanol–water partition coefficient (Wildman–Crippen LogP) is 10.7. The zero-order valence-electron chi connectivity index (χ0n) is 40.1. The predicted molar refractivity (Wildman–Crippen MR) is 260 cm³/mol. The van der Waals surface area contributed by atoms with Gasteiger partial charge in [-0.2, -0.15) is 0 Å². The van der Waals surface area contributed by atoms with E-state index in [1.807, 2.05) is 13.8 Å². The lowest BCUT2D eigenvalue weighted by Crippen LogP contribution is -2.23. The highest BCUT2D eigenvalue weighted by atomic mass is 16.4. The van der Waals surface area contributed by atoms with Crippen LogP contribution >= 0.6 is 0 Å². The van der Waals surface area contributed by atoms with Crippen LogP contribution in [0.15, 0.2) is 72.8 Å². The Kier molecular flexibility index (Phi) is 21.1. The van der Waals surface area contributed by atoms with Gasteiger partial charge in [-0.05, 0) is 147 Å². The Morgan fingerprint density at radius 3 is 1.45 bits per heavy atom. The number of carbonyl (C=O) groups excluding carboxylic acids is 3. The van der Waals surface area contributed by atoms with Crippen molar-refractivity contribution >= 4 is 52.6 Å². The van der Waals surface area contributed by atoms with Crippen molar-refractivity contribution in [2.75, 3.05) is 23.7 Å². The summed E-state index contributed by atoms with van der Waals surface area (Å²) in [7, 11) is 0. The van der Waals surface area contributed by atoms with E-state index in [0.717, 1.165) is 29.6 Å². The van der Waals surface area contributed by atoms with Gasteiger partial charge in [0.25, 0.3) is 0 Å². The first-order chi connectivity index (χ1) is 31.5. The Morgan fingerprint density at radius 2 is 1.03 bits per heavy atom. The van der Waals surface area contributed by atoms with Gasteiger partial charge in [-0.1, -0.05) is 65.8 Å². The first kappa shape index (κ1) is 54.7. The molecule has 0 aromatic heterocycles. The van der Waals surface area contributed by atoms with Gasteiger partial charge in [-0.25, -0.2) is 19.2 Å². The molecule has 7 N–H and O–H groups in total. The maximum Gasteiger partial charge on any atom is 0.336 e. The fourth-order valence-corrected chi connectivity index (χ4v) is 7.87. The van der Waals surface area contributed by atoms with Crippen molar-refractivity contribution in [1.82, 2.24) is 5.32 Å². The van der Waals surface area contributed by atoms with Crippen LogP contribution in [0.25, 0.3) is 0 Å². The fraction of sp³-hybridized carbons (Fsp3) is 0.415. The van der Waals surface area contributed by atoms with E-state index >= 15 is 0 Å². The third kappa shape index (κ3) is 17.6. The molecule has 0 spiro atoms. The Morgan fingerprint density at radius 1 is 0.552 bits per heavy atom. The van der Waals surface area contributed by atoms with E-state index in [1.54, 1.807) is 18.2 Å². The van der Waals surface area contributed by atoms with Crippen molar-refractivity contribution < 1.29 is 54.0 Å². The summed E-state index contributed by atoms with van der Waals surface area (Å²) in [5.41, 5.74) is 5.91. The SMILES string of the molecule is CC(=O)CNCc1cc(C(=O)O)cc(C(=O)O)c1C(C)C.CC(=O)c1cc(NCC2CCC(C(C)C)CC2)cc(C(=O)O)c1.CC(=O)c1cc(NCc2ccc(C(C)C)cc2)cc(C(=O)O)c1. The minimum absolute atomic E-state index is 0.00970. The second-order valence-corrected chi connectivity index (χ2v) is 18.1. The Labute approximate surface area is 393 Å². The van der Waals surface area contributed by atoms with Crippen LogP contribution in [0.1, 0.15) is 184 Å². The molecule has 1 saturated carbocycles. The zero-order chi connectivity index (χ0) is 50.1. The molecule has 0 amide bonds. The first-order valence-electron chi connectivity index (χ1n) is 22.7. The third-order valence-electron chi connectivity index (χ3n) is 11.8. The van der Waals surface area contributed by atoms with Crippen molar-refractivity contribution in [3.05, 3.63) is 128 Å². The minimum atomic E-state index is -1.18.